The predicted octanol–water partition coefficient (Wildman–Crippen LogP) is 0.746. The van der Waals surface area contributed by atoms with Gasteiger partial charge in [-0.25, -0.2) is 14.4 Å². The van der Waals surface area contributed by atoms with Crippen molar-refractivity contribution in [3.05, 3.63) is 29.8 Å². The zero-order chi connectivity index (χ0) is 24.3. The van der Waals surface area contributed by atoms with E-state index in [0.717, 1.165) is 27.4 Å². The maximum atomic E-state index is 12.5. The lowest BCUT2D eigenvalue weighted by atomic mass is 9.90. The number of aliphatic hydroxyl groups is 1. The third-order valence-electron chi connectivity index (χ3n) is 4.43. The first-order chi connectivity index (χ1) is 15.1. The van der Waals surface area contributed by atoms with Gasteiger partial charge in [0.1, 0.15) is 0 Å². The Labute approximate surface area is 184 Å². The molecule has 32 heavy (non-hydrogen) atoms. The van der Waals surface area contributed by atoms with Crippen molar-refractivity contribution < 1.29 is 53.1 Å². The predicted molar refractivity (Wildman–Crippen MR) is 108 cm³/mol. The minimum absolute atomic E-state index is 0.100. The van der Waals surface area contributed by atoms with Gasteiger partial charge in [-0.3, -0.25) is 4.79 Å². The molecule has 0 saturated heterocycles. The number of phenols is 1. The molecule has 176 valence electrons. The summed E-state index contributed by atoms with van der Waals surface area (Å²) >= 11 is 0. The normalized spacial score (nSPS) is 13.5. The summed E-state index contributed by atoms with van der Waals surface area (Å²) in [5, 5.41) is 19.7. The number of methoxy groups -OCH3 is 4. The van der Waals surface area contributed by atoms with Crippen molar-refractivity contribution in [1.29, 1.82) is 0 Å². The summed E-state index contributed by atoms with van der Waals surface area (Å²) in [6.45, 7) is 0. The van der Waals surface area contributed by atoms with Gasteiger partial charge in [0.25, 0.3) is 0 Å². The number of carbonyl (C=O) groups excluding carboxylic acids is 4. The second kappa shape index (κ2) is 12.3. The fraction of sp³-hybridized carbons (Fsp3) is 0.429. The maximum Gasteiger partial charge on any atom is 0.350 e. The van der Waals surface area contributed by atoms with Gasteiger partial charge in [-0.1, -0.05) is 6.07 Å². The molecule has 1 rings (SSSR count). The quantitative estimate of drug-likeness (QED) is 0.276. The van der Waals surface area contributed by atoms with Crippen LogP contribution in [0.2, 0.25) is 0 Å². The molecular weight excluding hydrogens is 428 g/mol. The van der Waals surface area contributed by atoms with Crippen LogP contribution in [0.3, 0.4) is 0 Å². The van der Waals surface area contributed by atoms with E-state index in [-0.39, 0.29) is 17.9 Å². The maximum absolute atomic E-state index is 12.5. The minimum atomic E-state index is -2.18. The molecule has 1 aromatic rings. The lowest BCUT2D eigenvalue weighted by molar-refractivity contribution is -0.185. The summed E-state index contributed by atoms with van der Waals surface area (Å²) in [6, 6.07) is 4.30. The molecule has 0 radical (unpaired) electrons. The molecule has 2 atom stereocenters. The molecule has 0 bridgehead atoms. The smallest absolute Gasteiger partial charge is 0.350 e. The van der Waals surface area contributed by atoms with Crippen molar-refractivity contribution in [2.45, 2.75) is 31.0 Å². The number of aliphatic hydroxyl groups excluding tert-OH is 1. The largest absolute Gasteiger partial charge is 0.504 e. The Morgan fingerprint density at radius 2 is 1.75 bits per heavy atom. The zero-order valence-electron chi connectivity index (χ0n) is 18.2. The fourth-order valence-electron chi connectivity index (χ4n) is 2.73. The molecule has 0 fully saturated rings. The Hall–Kier alpha value is -3.60. The van der Waals surface area contributed by atoms with E-state index in [4.69, 9.17) is 14.2 Å². The second-order valence-electron chi connectivity index (χ2n) is 6.49. The topological polar surface area (TPSA) is 155 Å². The number of ether oxygens (including phenoxy) is 5. The van der Waals surface area contributed by atoms with Crippen molar-refractivity contribution in [3.8, 4) is 11.5 Å². The van der Waals surface area contributed by atoms with E-state index in [2.05, 4.69) is 9.47 Å². The van der Waals surface area contributed by atoms with Gasteiger partial charge in [-0.05, 0) is 23.8 Å². The molecule has 0 aliphatic rings. The van der Waals surface area contributed by atoms with Crippen LogP contribution >= 0.6 is 0 Å². The Bertz CT molecular complexity index is 861. The van der Waals surface area contributed by atoms with Crippen LogP contribution in [0.25, 0.3) is 6.08 Å². The van der Waals surface area contributed by atoms with Crippen LogP contribution in [0.15, 0.2) is 24.3 Å². The van der Waals surface area contributed by atoms with Crippen molar-refractivity contribution in [1.82, 2.24) is 0 Å². The van der Waals surface area contributed by atoms with Crippen molar-refractivity contribution in [2.75, 3.05) is 28.4 Å². The number of hydrogen-bond donors (Lipinski definition) is 2. The van der Waals surface area contributed by atoms with E-state index in [1.54, 1.807) is 0 Å². The SMILES string of the molecule is COC(=O)CCC(CC(O)C(=O)OC)(OC(=O)C=Cc1ccc(O)c(OC)c1)C(=O)OC. The molecule has 1 aromatic carbocycles. The Kier molecular flexibility index (Phi) is 10.2. The highest BCUT2D eigenvalue weighted by Crippen LogP contribution is 2.29. The van der Waals surface area contributed by atoms with Gasteiger partial charge in [0, 0.05) is 25.3 Å². The van der Waals surface area contributed by atoms with Gasteiger partial charge in [-0.2, -0.15) is 0 Å². The first-order valence-electron chi connectivity index (χ1n) is 9.31. The van der Waals surface area contributed by atoms with Crippen LogP contribution < -0.4 is 4.74 Å². The van der Waals surface area contributed by atoms with Crippen LogP contribution in [0.5, 0.6) is 11.5 Å². The van der Waals surface area contributed by atoms with E-state index >= 15 is 0 Å². The van der Waals surface area contributed by atoms with Crippen molar-refractivity contribution in [3.63, 3.8) is 0 Å². The molecule has 0 amide bonds. The molecule has 11 heteroatoms. The average molecular weight is 454 g/mol. The number of rotatable bonds is 11. The number of esters is 4. The van der Waals surface area contributed by atoms with Crippen LogP contribution in [0.1, 0.15) is 24.8 Å². The summed E-state index contributed by atoms with van der Waals surface area (Å²) in [7, 11) is 4.54. The van der Waals surface area contributed by atoms with Crippen LogP contribution in [-0.2, 0) is 38.1 Å². The third kappa shape index (κ3) is 7.27. The highest BCUT2D eigenvalue weighted by Gasteiger charge is 2.47. The summed E-state index contributed by atoms with van der Waals surface area (Å²) in [5.41, 5.74) is -1.71. The summed E-state index contributed by atoms with van der Waals surface area (Å²) in [5.74, 6) is -3.82. The molecule has 2 unspecified atom stereocenters. The first kappa shape index (κ1) is 26.4. The third-order valence-corrected chi connectivity index (χ3v) is 4.43. The molecule has 2 N–H and O–H groups in total. The van der Waals surface area contributed by atoms with Gasteiger partial charge in [0.05, 0.1) is 28.4 Å². The Morgan fingerprint density at radius 3 is 2.31 bits per heavy atom. The summed E-state index contributed by atoms with van der Waals surface area (Å²) in [6.07, 6.45) is -1.04. The van der Waals surface area contributed by atoms with Gasteiger partial charge in [0.15, 0.2) is 17.6 Å². The molecule has 0 aromatic heterocycles. The number of aromatic hydroxyl groups is 1. The van der Waals surface area contributed by atoms with E-state index < -0.39 is 48.4 Å². The number of benzene rings is 1. The molecule has 0 saturated carbocycles. The van der Waals surface area contributed by atoms with E-state index in [9.17, 15) is 29.4 Å². The van der Waals surface area contributed by atoms with E-state index in [1.807, 2.05) is 0 Å². The molecule has 0 aliphatic carbocycles. The highest BCUT2D eigenvalue weighted by molar-refractivity contribution is 5.91. The molecule has 0 heterocycles. The van der Waals surface area contributed by atoms with Gasteiger partial charge in [-0.15, -0.1) is 0 Å². The minimum Gasteiger partial charge on any atom is -0.504 e. The lowest BCUT2D eigenvalue weighted by Gasteiger charge is -2.31. The molecule has 0 aliphatic heterocycles. The highest BCUT2D eigenvalue weighted by atomic mass is 16.6. The fourth-order valence-corrected chi connectivity index (χ4v) is 2.73. The lowest BCUT2D eigenvalue weighted by Crippen LogP contribution is -2.48. The monoisotopic (exact) mass is 454 g/mol. The molecule has 0 spiro atoms. The summed E-state index contributed by atoms with van der Waals surface area (Å²) in [4.78, 5) is 48.3. The molecule has 11 nitrogen and oxygen atoms in total. The average Bonchev–Trinajstić information content (AvgIpc) is 2.80. The van der Waals surface area contributed by atoms with Gasteiger partial charge >= 0.3 is 23.9 Å². The van der Waals surface area contributed by atoms with Crippen LogP contribution in [0, 0.1) is 0 Å². The van der Waals surface area contributed by atoms with Crippen molar-refractivity contribution >= 4 is 30.0 Å². The van der Waals surface area contributed by atoms with Crippen molar-refractivity contribution in [2.24, 2.45) is 0 Å². The number of carbonyl (C=O) groups is 4. The van der Waals surface area contributed by atoms with Crippen LogP contribution in [-0.4, -0.2) is 74.2 Å². The summed E-state index contributed by atoms with van der Waals surface area (Å²) < 4.78 is 24.0. The standard InChI is InChI=1S/C21H26O11/c1-28-16-11-13(5-7-14(16)22)6-8-18(25)32-21(20(27)31-4,10-9-17(24)29-2)12-15(23)19(26)30-3/h5-8,11,15,22-23H,9-10,12H2,1-4H3. The van der Waals surface area contributed by atoms with Gasteiger partial charge in [0.2, 0.25) is 5.60 Å². The Balaban J connectivity index is 3.20. The first-order valence-corrected chi connectivity index (χ1v) is 9.31. The Morgan fingerprint density at radius 1 is 1.06 bits per heavy atom. The van der Waals surface area contributed by atoms with Gasteiger partial charge < -0.3 is 33.9 Å². The number of hydrogen-bond acceptors (Lipinski definition) is 11. The van der Waals surface area contributed by atoms with E-state index in [0.29, 0.717) is 5.56 Å². The van der Waals surface area contributed by atoms with Crippen LogP contribution in [0.4, 0.5) is 0 Å². The van der Waals surface area contributed by atoms with E-state index in [1.165, 1.54) is 31.4 Å². The molecular formula is C21H26O11. The zero-order valence-corrected chi connectivity index (χ0v) is 18.2. The number of phenolic OH excluding ortho intramolecular Hbond substituents is 1. The second-order valence-corrected chi connectivity index (χ2v) is 6.49.